The lowest BCUT2D eigenvalue weighted by Crippen LogP contribution is -2.55. The minimum atomic E-state index is 0.300. The van der Waals surface area contributed by atoms with Crippen LogP contribution in [0.15, 0.2) is 17.5 Å². The first-order valence-corrected chi connectivity index (χ1v) is 9.21. The number of carbonyl (C=O) groups excluding carboxylic acids is 1. The van der Waals surface area contributed by atoms with Gasteiger partial charge in [0.1, 0.15) is 0 Å². The van der Waals surface area contributed by atoms with Crippen molar-refractivity contribution in [3.8, 4) is 0 Å². The van der Waals surface area contributed by atoms with Gasteiger partial charge in [-0.3, -0.25) is 4.79 Å². The fourth-order valence-electron chi connectivity index (χ4n) is 5.36. The average Bonchev–Trinajstić information content (AvgIpc) is 3.00. The Morgan fingerprint density at radius 1 is 1.23 bits per heavy atom. The average molecular weight is 316 g/mol. The molecule has 0 spiro atoms. The predicted molar refractivity (Wildman–Crippen MR) is 91.3 cm³/mol. The summed E-state index contributed by atoms with van der Waals surface area (Å²) in [5.41, 5.74) is 8.50. The first-order valence-electron chi connectivity index (χ1n) is 8.33. The number of hydrogen-bond donors (Lipinski definition) is 1. The second-order valence-corrected chi connectivity index (χ2v) is 8.64. The van der Waals surface area contributed by atoms with Crippen molar-refractivity contribution < 1.29 is 4.79 Å². The van der Waals surface area contributed by atoms with Crippen LogP contribution in [0.1, 0.15) is 49.0 Å². The molecular formula is C18H24N2OS. The molecule has 4 aliphatic rings. The Hall–Kier alpha value is -1.13. The monoisotopic (exact) mass is 316 g/mol. The number of nitrogens with two attached hydrogens (primary N) is 1. The Kier molecular flexibility index (Phi) is 3.42. The summed E-state index contributed by atoms with van der Waals surface area (Å²) in [4.78, 5) is 10.5. The quantitative estimate of drug-likeness (QED) is 0.809. The predicted octanol–water partition coefficient (Wildman–Crippen LogP) is 3.97. The summed E-state index contributed by atoms with van der Waals surface area (Å²) in [6.07, 6.45) is 9.45. The number of rotatable bonds is 1. The molecule has 0 amide bonds. The third kappa shape index (κ3) is 2.42. The highest BCUT2D eigenvalue weighted by Gasteiger charge is 2.48. The second-order valence-electron chi connectivity index (χ2n) is 7.70. The number of thiophene rings is 1. The SMILES string of the molecule is Cn1c(C=O)cc2sccc21.NC12CC3CC(CC(C3)C1)C2. The van der Waals surface area contributed by atoms with Gasteiger partial charge in [-0.05, 0) is 73.8 Å². The molecule has 6 rings (SSSR count). The molecule has 4 saturated carbocycles. The lowest BCUT2D eigenvalue weighted by Gasteiger charge is -2.55. The van der Waals surface area contributed by atoms with Crippen molar-refractivity contribution >= 4 is 27.8 Å². The lowest BCUT2D eigenvalue weighted by molar-refractivity contribution is 0.000364. The van der Waals surface area contributed by atoms with Crippen molar-refractivity contribution in [1.29, 1.82) is 0 Å². The van der Waals surface area contributed by atoms with Crippen LogP contribution in [0.2, 0.25) is 0 Å². The third-order valence-corrected chi connectivity index (χ3v) is 6.76. The maximum Gasteiger partial charge on any atom is 0.166 e. The van der Waals surface area contributed by atoms with Crippen molar-refractivity contribution in [3.05, 3.63) is 23.2 Å². The fraction of sp³-hybridized carbons (Fsp3) is 0.611. The highest BCUT2D eigenvalue weighted by molar-refractivity contribution is 7.17. The van der Waals surface area contributed by atoms with Gasteiger partial charge in [0.15, 0.2) is 6.29 Å². The minimum Gasteiger partial charge on any atom is -0.341 e. The van der Waals surface area contributed by atoms with E-state index < -0.39 is 0 Å². The highest BCUT2D eigenvalue weighted by atomic mass is 32.1. The summed E-state index contributed by atoms with van der Waals surface area (Å²) in [5.74, 6) is 3.06. The molecule has 4 fully saturated rings. The molecule has 0 unspecified atom stereocenters. The second kappa shape index (κ2) is 5.20. The molecule has 118 valence electrons. The summed E-state index contributed by atoms with van der Waals surface area (Å²) in [6.45, 7) is 0. The number of aryl methyl sites for hydroxylation is 1. The van der Waals surface area contributed by atoms with E-state index in [0.717, 1.165) is 35.3 Å². The van der Waals surface area contributed by atoms with E-state index in [1.54, 1.807) is 11.3 Å². The third-order valence-electron chi connectivity index (χ3n) is 5.91. The van der Waals surface area contributed by atoms with E-state index in [0.29, 0.717) is 5.54 Å². The summed E-state index contributed by atoms with van der Waals surface area (Å²) >= 11 is 1.66. The standard InChI is InChI=1S/C10H17N.C8H7NOS/c11-10-4-7-1-8(5-10)3-9(2-7)6-10;1-9-6(5-10)4-8-7(9)2-3-11-8/h7-9H,1-6,11H2;2-5H,1H3. The highest BCUT2D eigenvalue weighted by Crippen LogP contribution is 2.54. The zero-order chi connectivity index (χ0) is 15.3. The Morgan fingerprint density at radius 3 is 2.27 bits per heavy atom. The normalized spacial score (nSPS) is 35.5. The van der Waals surface area contributed by atoms with E-state index in [1.807, 2.05) is 29.1 Å². The van der Waals surface area contributed by atoms with E-state index in [4.69, 9.17) is 5.73 Å². The minimum absolute atomic E-state index is 0.300. The number of aromatic nitrogens is 1. The van der Waals surface area contributed by atoms with Gasteiger partial charge in [-0.2, -0.15) is 0 Å². The maximum absolute atomic E-state index is 10.5. The van der Waals surface area contributed by atoms with Crippen LogP contribution in [-0.4, -0.2) is 16.4 Å². The Morgan fingerprint density at radius 2 is 1.82 bits per heavy atom. The number of carbonyl (C=O) groups is 1. The Bertz CT molecular complexity index is 664. The zero-order valence-electron chi connectivity index (χ0n) is 13.1. The first kappa shape index (κ1) is 14.5. The Balaban J connectivity index is 0.000000114. The summed E-state index contributed by atoms with van der Waals surface area (Å²) in [6, 6.07) is 3.93. The maximum atomic E-state index is 10.5. The van der Waals surface area contributed by atoms with Gasteiger partial charge in [-0.25, -0.2) is 0 Å². The van der Waals surface area contributed by atoms with E-state index >= 15 is 0 Å². The molecule has 3 nitrogen and oxygen atoms in total. The Labute approximate surface area is 135 Å². The molecule has 0 saturated heterocycles. The van der Waals surface area contributed by atoms with Crippen LogP contribution in [0, 0.1) is 17.8 Å². The summed E-state index contributed by atoms with van der Waals surface area (Å²) in [7, 11) is 1.90. The van der Waals surface area contributed by atoms with Crippen molar-refractivity contribution in [2.45, 2.75) is 44.1 Å². The van der Waals surface area contributed by atoms with E-state index in [-0.39, 0.29) is 0 Å². The molecule has 2 aromatic rings. The van der Waals surface area contributed by atoms with Gasteiger partial charge in [0.2, 0.25) is 0 Å². The number of aldehydes is 1. The largest absolute Gasteiger partial charge is 0.341 e. The van der Waals surface area contributed by atoms with Crippen molar-refractivity contribution in [1.82, 2.24) is 4.57 Å². The van der Waals surface area contributed by atoms with E-state index in [1.165, 1.54) is 43.2 Å². The molecule has 4 aliphatic carbocycles. The van der Waals surface area contributed by atoms with Crippen LogP contribution in [0.25, 0.3) is 10.2 Å². The van der Waals surface area contributed by atoms with Gasteiger partial charge in [-0.1, -0.05) is 0 Å². The molecule has 0 aromatic carbocycles. The topological polar surface area (TPSA) is 48.0 Å². The molecule has 4 heteroatoms. The first-order chi connectivity index (χ1) is 10.6. The molecule has 4 bridgehead atoms. The van der Waals surface area contributed by atoms with Crippen LogP contribution in [0.3, 0.4) is 0 Å². The van der Waals surface area contributed by atoms with E-state index in [9.17, 15) is 4.79 Å². The summed E-state index contributed by atoms with van der Waals surface area (Å²) in [5, 5.41) is 2.03. The molecular weight excluding hydrogens is 292 g/mol. The van der Waals surface area contributed by atoms with Gasteiger partial charge in [0, 0.05) is 12.6 Å². The molecule has 2 aromatic heterocycles. The molecule has 0 aliphatic heterocycles. The van der Waals surface area contributed by atoms with Gasteiger partial charge in [-0.15, -0.1) is 11.3 Å². The number of hydrogen-bond acceptors (Lipinski definition) is 3. The summed E-state index contributed by atoms with van der Waals surface area (Å²) < 4.78 is 3.08. The van der Waals surface area contributed by atoms with Crippen LogP contribution >= 0.6 is 11.3 Å². The number of fused-ring (bicyclic) bond motifs is 1. The van der Waals surface area contributed by atoms with Crippen molar-refractivity contribution in [2.24, 2.45) is 30.5 Å². The van der Waals surface area contributed by atoms with Crippen LogP contribution < -0.4 is 5.73 Å². The lowest BCUT2D eigenvalue weighted by atomic mass is 9.53. The smallest absolute Gasteiger partial charge is 0.166 e. The molecule has 22 heavy (non-hydrogen) atoms. The molecule has 2 N–H and O–H groups in total. The van der Waals surface area contributed by atoms with Crippen LogP contribution in [0.4, 0.5) is 0 Å². The van der Waals surface area contributed by atoms with Gasteiger partial charge in [0.25, 0.3) is 0 Å². The van der Waals surface area contributed by atoms with Gasteiger partial charge in [0.05, 0.1) is 15.9 Å². The zero-order valence-corrected chi connectivity index (χ0v) is 13.9. The van der Waals surface area contributed by atoms with Crippen molar-refractivity contribution in [3.63, 3.8) is 0 Å². The van der Waals surface area contributed by atoms with Crippen molar-refractivity contribution in [2.75, 3.05) is 0 Å². The molecule has 0 atom stereocenters. The van der Waals surface area contributed by atoms with Gasteiger partial charge < -0.3 is 10.3 Å². The van der Waals surface area contributed by atoms with Crippen LogP contribution in [0.5, 0.6) is 0 Å². The number of nitrogens with zero attached hydrogens (tertiary/aromatic N) is 1. The molecule has 0 radical (unpaired) electrons. The van der Waals surface area contributed by atoms with Crippen LogP contribution in [-0.2, 0) is 7.05 Å². The molecule has 2 heterocycles. The fourth-order valence-corrected chi connectivity index (χ4v) is 6.22. The van der Waals surface area contributed by atoms with E-state index in [2.05, 4.69) is 0 Å². The van der Waals surface area contributed by atoms with Gasteiger partial charge >= 0.3 is 0 Å².